The van der Waals surface area contributed by atoms with E-state index in [0.717, 1.165) is 17.7 Å². The van der Waals surface area contributed by atoms with Gasteiger partial charge in [0.05, 0.1) is 13.2 Å². The van der Waals surface area contributed by atoms with Crippen LogP contribution >= 0.6 is 0 Å². The van der Waals surface area contributed by atoms with E-state index in [2.05, 4.69) is 5.32 Å². The van der Waals surface area contributed by atoms with Gasteiger partial charge in [0.1, 0.15) is 6.29 Å². The van der Waals surface area contributed by atoms with E-state index in [1.807, 2.05) is 12.1 Å². The first-order valence-corrected chi connectivity index (χ1v) is 5.93. The van der Waals surface area contributed by atoms with Crippen LogP contribution in [0.15, 0.2) is 42.5 Å². The molecule has 0 radical (unpaired) electrons. The van der Waals surface area contributed by atoms with Crippen molar-refractivity contribution >= 4 is 17.7 Å². The molecule has 98 valence electrons. The lowest BCUT2D eigenvalue weighted by atomic mass is 10.1. The highest BCUT2D eigenvalue weighted by Crippen LogP contribution is 2.24. The first-order chi connectivity index (χ1) is 9.28. The lowest BCUT2D eigenvalue weighted by Gasteiger charge is -2.13. The standard InChI is InChI=1S/C15H15NO3/c17-8-11-4-6-13(7-5-11)16-15-3-1-2-12(9-18)14(15)10-19/h1-8,16,18-19H,9-10H2. The number of hydrogen-bond acceptors (Lipinski definition) is 4. The molecule has 0 amide bonds. The van der Waals surface area contributed by atoms with Crippen LogP contribution in [0, 0.1) is 0 Å². The Labute approximate surface area is 111 Å². The van der Waals surface area contributed by atoms with Crippen molar-refractivity contribution in [2.45, 2.75) is 13.2 Å². The van der Waals surface area contributed by atoms with Crippen molar-refractivity contribution in [3.8, 4) is 0 Å². The minimum absolute atomic E-state index is 0.116. The van der Waals surface area contributed by atoms with Crippen LogP contribution < -0.4 is 5.32 Å². The SMILES string of the molecule is O=Cc1ccc(Nc2cccc(CO)c2CO)cc1. The predicted molar refractivity (Wildman–Crippen MR) is 73.4 cm³/mol. The van der Waals surface area contributed by atoms with Crippen molar-refractivity contribution < 1.29 is 15.0 Å². The Morgan fingerprint density at radius 1 is 1.00 bits per heavy atom. The average molecular weight is 257 g/mol. The van der Waals surface area contributed by atoms with Gasteiger partial charge in [-0.1, -0.05) is 12.1 Å². The predicted octanol–water partition coefficient (Wildman–Crippen LogP) is 2.23. The molecule has 0 aromatic heterocycles. The first kappa shape index (κ1) is 13.3. The van der Waals surface area contributed by atoms with Gasteiger partial charge in [-0.15, -0.1) is 0 Å². The molecule has 3 N–H and O–H groups in total. The van der Waals surface area contributed by atoms with Gasteiger partial charge in [0.15, 0.2) is 0 Å². The summed E-state index contributed by atoms with van der Waals surface area (Å²) in [6.45, 7) is -0.263. The number of carbonyl (C=O) groups excluding carboxylic acids is 1. The molecule has 4 heteroatoms. The van der Waals surface area contributed by atoms with Gasteiger partial charge in [-0.05, 0) is 35.9 Å². The molecular weight excluding hydrogens is 242 g/mol. The number of aldehydes is 1. The second-order valence-corrected chi connectivity index (χ2v) is 4.12. The number of carbonyl (C=O) groups is 1. The number of aliphatic hydroxyl groups is 2. The van der Waals surface area contributed by atoms with Crippen molar-refractivity contribution in [2.75, 3.05) is 5.32 Å². The Kier molecular flexibility index (Phi) is 4.28. The Balaban J connectivity index is 2.29. The third-order valence-corrected chi connectivity index (χ3v) is 2.93. The summed E-state index contributed by atoms with van der Waals surface area (Å²) in [6.07, 6.45) is 0.787. The topological polar surface area (TPSA) is 69.6 Å². The number of aliphatic hydroxyl groups excluding tert-OH is 2. The van der Waals surface area contributed by atoms with E-state index in [-0.39, 0.29) is 13.2 Å². The van der Waals surface area contributed by atoms with E-state index in [0.29, 0.717) is 16.7 Å². The van der Waals surface area contributed by atoms with Gasteiger partial charge in [0, 0.05) is 22.5 Å². The highest BCUT2D eigenvalue weighted by molar-refractivity contribution is 5.76. The van der Waals surface area contributed by atoms with Gasteiger partial charge in [-0.2, -0.15) is 0 Å². The second-order valence-electron chi connectivity index (χ2n) is 4.12. The minimum atomic E-state index is -0.147. The molecule has 0 atom stereocenters. The molecule has 2 aromatic carbocycles. The fourth-order valence-electron chi connectivity index (χ4n) is 1.89. The molecule has 0 aliphatic heterocycles. The maximum Gasteiger partial charge on any atom is 0.150 e. The van der Waals surface area contributed by atoms with Gasteiger partial charge in [-0.3, -0.25) is 4.79 Å². The van der Waals surface area contributed by atoms with Crippen molar-refractivity contribution in [3.63, 3.8) is 0 Å². The van der Waals surface area contributed by atoms with Gasteiger partial charge in [0.2, 0.25) is 0 Å². The van der Waals surface area contributed by atoms with E-state index < -0.39 is 0 Å². The molecule has 0 heterocycles. The van der Waals surface area contributed by atoms with Crippen LogP contribution in [-0.2, 0) is 13.2 Å². The van der Waals surface area contributed by atoms with Crippen molar-refractivity contribution in [3.05, 3.63) is 59.2 Å². The number of nitrogens with one attached hydrogen (secondary N) is 1. The van der Waals surface area contributed by atoms with E-state index in [4.69, 9.17) is 0 Å². The van der Waals surface area contributed by atoms with Crippen molar-refractivity contribution in [1.82, 2.24) is 0 Å². The number of rotatable bonds is 5. The van der Waals surface area contributed by atoms with Crippen LogP contribution in [0.25, 0.3) is 0 Å². The van der Waals surface area contributed by atoms with E-state index in [1.165, 1.54) is 0 Å². The smallest absolute Gasteiger partial charge is 0.150 e. The fraction of sp³-hybridized carbons (Fsp3) is 0.133. The zero-order chi connectivity index (χ0) is 13.7. The highest BCUT2D eigenvalue weighted by Gasteiger charge is 2.07. The van der Waals surface area contributed by atoms with Gasteiger partial charge in [0.25, 0.3) is 0 Å². The summed E-state index contributed by atoms with van der Waals surface area (Å²) in [5.41, 5.74) is 3.53. The summed E-state index contributed by atoms with van der Waals surface area (Å²) >= 11 is 0. The summed E-state index contributed by atoms with van der Waals surface area (Å²) in [5.74, 6) is 0. The number of hydrogen-bond donors (Lipinski definition) is 3. The Morgan fingerprint density at radius 2 is 1.74 bits per heavy atom. The van der Waals surface area contributed by atoms with Crippen LogP contribution in [0.3, 0.4) is 0 Å². The molecule has 0 unspecified atom stereocenters. The lowest BCUT2D eigenvalue weighted by molar-refractivity contribution is 0.112. The summed E-state index contributed by atoms with van der Waals surface area (Å²) in [7, 11) is 0. The molecule has 2 aromatic rings. The first-order valence-electron chi connectivity index (χ1n) is 5.93. The summed E-state index contributed by atoms with van der Waals surface area (Å²) < 4.78 is 0. The van der Waals surface area contributed by atoms with E-state index in [1.54, 1.807) is 30.3 Å². The Morgan fingerprint density at radius 3 is 2.32 bits per heavy atom. The molecule has 0 saturated heterocycles. The van der Waals surface area contributed by atoms with Gasteiger partial charge in [-0.25, -0.2) is 0 Å². The maximum absolute atomic E-state index is 10.6. The second kappa shape index (κ2) is 6.13. The molecule has 0 aliphatic rings. The third kappa shape index (κ3) is 2.99. The molecular formula is C15H15NO3. The Hall–Kier alpha value is -2.17. The summed E-state index contributed by atoms with van der Waals surface area (Å²) in [6, 6.07) is 12.4. The average Bonchev–Trinajstić information content (AvgIpc) is 2.47. The van der Waals surface area contributed by atoms with Gasteiger partial charge >= 0.3 is 0 Å². The molecule has 0 spiro atoms. The number of anilines is 2. The molecule has 4 nitrogen and oxygen atoms in total. The van der Waals surface area contributed by atoms with E-state index >= 15 is 0 Å². The lowest BCUT2D eigenvalue weighted by Crippen LogP contribution is -2.01. The van der Waals surface area contributed by atoms with Crippen molar-refractivity contribution in [1.29, 1.82) is 0 Å². The fourth-order valence-corrected chi connectivity index (χ4v) is 1.89. The van der Waals surface area contributed by atoms with Crippen LogP contribution in [0.4, 0.5) is 11.4 Å². The minimum Gasteiger partial charge on any atom is -0.392 e. The molecule has 0 saturated carbocycles. The molecule has 0 aliphatic carbocycles. The normalized spacial score (nSPS) is 10.2. The molecule has 0 bridgehead atoms. The molecule has 0 fully saturated rings. The summed E-state index contributed by atoms with van der Waals surface area (Å²) in [4.78, 5) is 10.6. The van der Waals surface area contributed by atoms with Crippen LogP contribution in [-0.4, -0.2) is 16.5 Å². The molecule has 2 rings (SSSR count). The van der Waals surface area contributed by atoms with Crippen molar-refractivity contribution in [2.24, 2.45) is 0 Å². The quantitative estimate of drug-likeness (QED) is 0.718. The van der Waals surface area contributed by atoms with Crippen LogP contribution in [0.5, 0.6) is 0 Å². The zero-order valence-electron chi connectivity index (χ0n) is 10.3. The summed E-state index contributed by atoms with van der Waals surface area (Å²) in [5, 5.41) is 21.8. The van der Waals surface area contributed by atoms with Gasteiger partial charge < -0.3 is 15.5 Å². The number of benzene rings is 2. The monoisotopic (exact) mass is 257 g/mol. The van der Waals surface area contributed by atoms with Crippen LogP contribution in [0.1, 0.15) is 21.5 Å². The highest BCUT2D eigenvalue weighted by atomic mass is 16.3. The zero-order valence-corrected chi connectivity index (χ0v) is 10.3. The van der Waals surface area contributed by atoms with E-state index in [9.17, 15) is 15.0 Å². The Bertz CT molecular complexity index is 564. The maximum atomic E-state index is 10.6. The largest absolute Gasteiger partial charge is 0.392 e. The van der Waals surface area contributed by atoms with Crippen LogP contribution in [0.2, 0.25) is 0 Å². The molecule has 19 heavy (non-hydrogen) atoms. The third-order valence-electron chi connectivity index (χ3n) is 2.93.